The van der Waals surface area contributed by atoms with E-state index < -0.39 is 58.0 Å². The highest BCUT2D eigenvalue weighted by Gasteiger charge is 2.33. The highest BCUT2D eigenvalue weighted by Crippen LogP contribution is 2.37. The second kappa shape index (κ2) is 8.96. The Labute approximate surface area is 186 Å². The van der Waals surface area contributed by atoms with Gasteiger partial charge in [0.15, 0.2) is 0 Å². The molecule has 0 bridgehead atoms. The average molecular weight is 486 g/mol. The number of ether oxygens (including phenoxy) is 2. The molecule has 0 saturated carbocycles. The Hall–Kier alpha value is -4.22. The fourth-order valence-corrected chi connectivity index (χ4v) is 2.76. The molecule has 3 aromatic rings. The Morgan fingerprint density at radius 1 is 0.588 bits per heavy atom. The molecule has 0 aromatic heterocycles. The van der Waals surface area contributed by atoms with Gasteiger partial charge < -0.3 is 19.7 Å². The van der Waals surface area contributed by atoms with Crippen molar-refractivity contribution in [2.24, 2.45) is 0 Å². The van der Waals surface area contributed by atoms with Crippen molar-refractivity contribution in [3.8, 4) is 23.0 Å². The highest BCUT2D eigenvalue weighted by atomic mass is 19.4. The monoisotopic (exact) mass is 486 g/mol. The van der Waals surface area contributed by atoms with Crippen LogP contribution >= 0.6 is 0 Å². The molecule has 6 nitrogen and oxygen atoms in total. The van der Waals surface area contributed by atoms with E-state index in [0.717, 1.165) is 18.2 Å². The Morgan fingerprint density at radius 2 is 0.971 bits per heavy atom. The van der Waals surface area contributed by atoms with E-state index in [1.807, 2.05) is 0 Å². The normalized spacial score (nSPS) is 11.7. The molecule has 0 aliphatic carbocycles. The molecule has 0 atom stereocenters. The molecule has 0 radical (unpaired) electrons. The third-order valence-electron chi connectivity index (χ3n) is 4.24. The van der Waals surface area contributed by atoms with E-state index in [1.165, 1.54) is 18.2 Å². The lowest BCUT2D eigenvalue weighted by atomic mass is 10.1. The third kappa shape index (κ3) is 5.97. The number of carboxylic acids is 2. The minimum atomic E-state index is -4.85. The van der Waals surface area contributed by atoms with Gasteiger partial charge in [0.2, 0.25) is 0 Å². The van der Waals surface area contributed by atoms with Gasteiger partial charge in [0.25, 0.3) is 0 Å². The molecule has 0 aliphatic rings. The van der Waals surface area contributed by atoms with Crippen molar-refractivity contribution in [1.82, 2.24) is 0 Å². The molecule has 0 aliphatic heterocycles. The average Bonchev–Trinajstić information content (AvgIpc) is 2.72. The number of carbonyl (C=O) groups is 2. The molecule has 0 saturated heterocycles. The van der Waals surface area contributed by atoms with Gasteiger partial charge >= 0.3 is 24.3 Å². The molecular weight excluding hydrogens is 474 g/mol. The summed E-state index contributed by atoms with van der Waals surface area (Å²) in [6.07, 6.45) is -9.69. The molecule has 0 unspecified atom stereocenters. The molecule has 12 heteroatoms. The van der Waals surface area contributed by atoms with E-state index in [9.17, 15) is 35.9 Å². The molecule has 3 aromatic carbocycles. The van der Waals surface area contributed by atoms with Crippen molar-refractivity contribution in [1.29, 1.82) is 0 Å². The maximum atomic E-state index is 13.1. The summed E-state index contributed by atoms with van der Waals surface area (Å²) in [5.74, 6) is -4.41. The second-order valence-corrected chi connectivity index (χ2v) is 6.78. The SMILES string of the molecule is O=C(O)c1cc(Oc2cccc(Oc3cc(C(=O)O)cc(C(F)(F)F)c3)c2)cc(C(F)(F)F)c1. The summed E-state index contributed by atoms with van der Waals surface area (Å²) >= 11 is 0. The number of rotatable bonds is 6. The zero-order valence-corrected chi connectivity index (χ0v) is 16.6. The van der Waals surface area contributed by atoms with E-state index in [4.69, 9.17) is 19.7 Å². The van der Waals surface area contributed by atoms with Crippen LogP contribution in [0.3, 0.4) is 0 Å². The van der Waals surface area contributed by atoms with Crippen LogP contribution in [0.2, 0.25) is 0 Å². The van der Waals surface area contributed by atoms with Gasteiger partial charge in [-0.05, 0) is 48.5 Å². The van der Waals surface area contributed by atoms with Crippen molar-refractivity contribution in [3.63, 3.8) is 0 Å². The van der Waals surface area contributed by atoms with E-state index in [2.05, 4.69) is 0 Å². The highest BCUT2D eigenvalue weighted by molar-refractivity contribution is 5.89. The Morgan fingerprint density at radius 3 is 1.29 bits per heavy atom. The molecule has 0 amide bonds. The van der Waals surface area contributed by atoms with Gasteiger partial charge in [-0.3, -0.25) is 0 Å². The standard InChI is InChI=1S/C22H12F6O6/c23-21(24,25)13-4-11(19(29)30)6-17(8-13)33-15-2-1-3-16(10-15)34-18-7-12(20(31)32)5-14(9-18)22(26,27)28/h1-10H,(H,29,30)(H,31,32). The zero-order chi connectivity index (χ0) is 25.3. The smallest absolute Gasteiger partial charge is 0.416 e. The van der Waals surface area contributed by atoms with Crippen LogP contribution in [-0.2, 0) is 12.4 Å². The van der Waals surface area contributed by atoms with E-state index in [-0.39, 0.29) is 11.5 Å². The van der Waals surface area contributed by atoms with Crippen LogP contribution < -0.4 is 9.47 Å². The molecule has 34 heavy (non-hydrogen) atoms. The Bertz CT molecular complexity index is 1160. The molecule has 0 fully saturated rings. The minimum absolute atomic E-state index is 0.126. The Balaban J connectivity index is 1.92. The maximum Gasteiger partial charge on any atom is 0.416 e. The maximum absolute atomic E-state index is 13.1. The summed E-state index contributed by atoms with van der Waals surface area (Å²) in [6.45, 7) is 0. The van der Waals surface area contributed by atoms with Crippen LogP contribution in [-0.4, -0.2) is 22.2 Å². The predicted octanol–water partition coefficient (Wildman–Crippen LogP) is 6.71. The number of hydrogen-bond acceptors (Lipinski definition) is 4. The van der Waals surface area contributed by atoms with E-state index in [1.54, 1.807) is 0 Å². The number of halogens is 6. The van der Waals surface area contributed by atoms with Crippen LogP contribution in [0.25, 0.3) is 0 Å². The van der Waals surface area contributed by atoms with Crippen molar-refractivity contribution >= 4 is 11.9 Å². The summed E-state index contributed by atoms with van der Waals surface area (Å²) in [5, 5.41) is 18.1. The first-order valence-corrected chi connectivity index (χ1v) is 9.09. The number of benzene rings is 3. The van der Waals surface area contributed by atoms with Gasteiger partial charge in [-0.25, -0.2) is 9.59 Å². The third-order valence-corrected chi connectivity index (χ3v) is 4.24. The molecule has 0 heterocycles. The fourth-order valence-electron chi connectivity index (χ4n) is 2.76. The summed E-state index contributed by atoms with van der Waals surface area (Å²) in [6, 6.07) is 8.71. The summed E-state index contributed by atoms with van der Waals surface area (Å²) in [4.78, 5) is 22.3. The van der Waals surface area contributed by atoms with Crippen LogP contribution in [0.4, 0.5) is 26.3 Å². The summed E-state index contributed by atoms with van der Waals surface area (Å²) in [5.41, 5.74) is -3.88. The largest absolute Gasteiger partial charge is 0.478 e. The lowest BCUT2D eigenvalue weighted by molar-refractivity contribution is -0.138. The second-order valence-electron chi connectivity index (χ2n) is 6.78. The predicted molar refractivity (Wildman–Crippen MR) is 103 cm³/mol. The molecule has 178 valence electrons. The van der Waals surface area contributed by atoms with Crippen molar-refractivity contribution in [2.75, 3.05) is 0 Å². The van der Waals surface area contributed by atoms with Crippen molar-refractivity contribution in [2.45, 2.75) is 12.4 Å². The number of hydrogen-bond donors (Lipinski definition) is 2. The summed E-state index contributed by atoms with van der Waals surface area (Å²) < 4.78 is 89.0. The van der Waals surface area contributed by atoms with Crippen LogP contribution in [0.15, 0.2) is 60.7 Å². The van der Waals surface area contributed by atoms with Gasteiger partial charge in [0, 0.05) is 6.07 Å². The van der Waals surface area contributed by atoms with Gasteiger partial charge in [-0.15, -0.1) is 0 Å². The first-order chi connectivity index (χ1) is 15.7. The first kappa shape index (κ1) is 24.4. The van der Waals surface area contributed by atoms with Crippen molar-refractivity contribution in [3.05, 3.63) is 82.9 Å². The lowest BCUT2D eigenvalue weighted by Crippen LogP contribution is -2.08. The molecule has 0 spiro atoms. The van der Waals surface area contributed by atoms with Gasteiger partial charge in [0.1, 0.15) is 23.0 Å². The van der Waals surface area contributed by atoms with Gasteiger partial charge in [0.05, 0.1) is 22.3 Å². The van der Waals surface area contributed by atoms with Crippen LogP contribution in [0.5, 0.6) is 23.0 Å². The van der Waals surface area contributed by atoms with Crippen LogP contribution in [0.1, 0.15) is 31.8 Å². The fraction of sp³-hybridized carbons (Fsp3) is 0.0909. The Kier molecular flexibility index (Phi) is 6.44. The van der Waals surface area contributed by atoms with E-state index in [0.29, 0.717) is 24.3 Å². The topological polar surface area (TPSA) is 93.1 Å². The minimum Gasteiger partial charge on any atom is -0.478 e. The lowest BCUT2D eigenvalue weighted by Gasteiger charge is -2.14. The summed E-state index contributed by atoms with van der Waals surface area (Å²) in [7, 11) is 0. The molecule has 3 rings (SSSR count). The van der Waals surface area contributed by atoms with E-state index >= 15 is 0 Å². The number of aromatic carboxylic acids is 2. The quantitative estimate of drug-likeness (QED) is 0.377. The number of carboxylic acid groups (broad SMARTS) is 2. The van der Waals surface area contributed by atoms with Gasteiger partial charge in [-0.1, -0.05) is 6.07 Å². The molecule has 2 N–H and O–H groups in total. The molecular formula is C22H12F6O6. The van der Waals surface area contributed by atoms with Crippen LogP contribution in [0, 0.1) is 0 Å². The van der Waals surface area contributed by atoms with Crippen molar-refractivity contribution < 1.29 is 55.6 Å². The zero-order valence-electron chi connectivity index (χ0n) is 16.6. The number of alkyl halides is 6. The first-order valence-electron chi connectivity index (χ1n) is 9.09. The van der Waals surface area contributed by atoms with Gasteiger partial charge in [-0.2, -0.15) is 26.3 Å².